The molecule has 0 aliphatic carbocycles. The molecule has 0 amide bonds. The van der Waals surface area contributed by atoms with Gasteiger partial charge in [-0.25, -0.2) is 0 Å². The van der Waals surface area contributed by atoms with Crippen molar-refractivity contribution in [1.82, 2.24) is 25.1 Å². The molecular weight excluding hydrogens is 390 g/mol. The number of benzene rings is 1. The maximum absolute atomic E-state index is 6.55. The van der Waals surface area contributed by atoms with Crippen LogP contribution in [0.2, 0.25) is 5.02 Å². The van der Waals surface area contributed by atoms with Crippen molar-refractivity contribution in [3.05, 3.63) is 53.3 Å². The number of fused-ring (bicyclic) bond motifs is 1. The average Bonchev–Trinajstić information content (AvgIpc) is 3.30. The predicted octanol–water partition coefficient (Wildman–Crippen LogP) is 4.89. The van der Waals surface area contributed by atoms with Crippen molar-refractivity contribution in [1.29, 1.82) is 0 Å². The maximum atomic E-state index is 6.55. The van der Waals surface area contributed by atoms with Gasteiger partial charge in [0.25, 0.3) is 0 Å². The first-order chi connectivity index (χ1) is 13.9. The summed E-state index contributed by atoms with van der Waals surface area (Å²) in [6, 6.07) is 9.48. The Labute approximate surface area is 172 Å². The summed E-state index contributed by atoms with van der Waals surface area (Å²) in [5.41, 5.74) is 2.77. The number of aromatic nitrogens is 5. The second-order valence-electron chi connectivity index (χ2n) is 6.72. The summed E-state index contributed by atoms with van der Waals surface area (Å²) >= 11 is 6.55. The minimum Gasteiger partial charge on any atom is -0.423 e. The van der Waals surface area contributed by atoms with Crippen LogP contribution in [0.15, 0.2) is 36.9 Å². The summed E-state index contributed by atoms with van der Waals surface area (Å²) < 4.78 is 5.94. The molecule has 3 heterocycles. The quantitative estimate of drug-likeness (QED) is 0.419. The third-order valence-electron chi connectivity index (χ3n) is 4.26. The number of aryl methyl sites for hydroxylation is 1. The minimum absolute atomic E-state index is 0.173. The Kier molecular flexibility index (Phi) is 4.85. The number of hydrogen-bond acceptors (Lipinski definition) is 6. The van der Waals surface area contributed by atoms with Crippen molar-refractivity contribution in [2.75, 3.05) is 24.3 Å². The molecule has 0 saturated carbocycles. The highest BCUT2D eigenvalue weighted by atomic mass is 35.5. The van der Waals surface area contributed by atoms with E-state index in [-0.39, 0.29) is 6.01 Å². The largest absolute Gasteiger partial charge is 0.423 e. The Morgan fingerprint density at radius 3 is 2.72 bits per heavy atom. The number of ether oxygens (including phenoxy) is 1. The molecule has 0 unspecified atom stereocenters. The fourth-order valence-electron chi connectivity index (χ4n) is 2.85. The van der Waals surface area contributed by atoms with E-state index in [2.05, 4.69) is 37.0 Å². The van der Waals surface area contributed by atoms with Crippen molar-refractivity contribution >= 4 is 46.0 Å². The van der Waals surface area contributed by atoms with Gasteiger partial charge in [0.05, 0.1) is 10.7 Å². The van der Waals surface area contributed by atoms with Gasteiger partial charge in [-0.1, -0.05) is 18.2 Å². The van der Waals surface area contributed by atoms with Crippen molar-refractivity contribution < 1.29 is 4.74 Å². The number of aromatic amines is 2. The van der Waals surface area contributed by atoms with E-state index in [9.17, 15) is 0 Å². The molecule has 4 aromatic rings. The molecule has 1 aromatic carbocycles. The molecule has 0 bridgehead atoms. The molecule has 0 atom stereocenters. The van der Waals surface area contributed by atoms with Gasteiger partial charge in [-0.3, -0.25) is 5.10 Å². The summed E-state index contributed by atoms with van der Waals surface area (Å²) in [4.78, 5) is 14.0. The van der Waals surface area contributed by atoms with Crippen LogP contribution in [-0.4, -0.2) is 39.2 Å². The van der Waals surface area contributed by atoms with Crippen LogP contribution in [0.3, 0.4) is 0 Å². The van der Waals surface area contributed by atoms with E-state index in [1.54, 1.807) is 18.2 Å². The first-order valence-corrected chi connectivity index (χ1v) is 9.27. The second kappa shape index (κ2) is 7.48. The van der Waals surface area contributed by atoms with Gasteiger partial charge in [0.15, 0.2) is 5.82 Å². The van der Waals surface area contributed by atoms with Crippen LogP contribution in [0.4, 0.5) is 17.5 Å². The lowest BCUT2D eigenvalue weighted by Crippen LogP contribution is -2.12. The predicted molar refractivity (Wildman–Crippen MR) is 116 cm³/mol. The molecule has 3 aromatic heterocycles. The molecule has 0 aliphatic heterocycles. The molecule has 3 N–H and O–H groups in total. The molecule has 8 nitrogen and oxygen atoms in total. The molecule has 0 spiro atoms. The number of H-pyrrole nitrogens is 2. The van der Waals surface area contributed by atoms with E-state index in [0.29, 0.717) is 28.2 Å². The molecule has 0 fully saturated rings. The number of nitrogens with one attached hydrogen (secondary N) is 3. The zero-order chi connectivity index (χ0) is 20.5. The maximum Gasteiger partial charge on any atom is 0.325 e. The van der Waals surface area contributed by atoms with Gasteiger partial charge in [0.1, 0.15) is 17.4 Å². The van der Waals surface area contributed by atoms with E-state index in [0.717, 1.165) is 22.3 Å². The Balaban J connectivity index is 1.68. The number of rotatable bonds is 6. The van der Waals surface area contributed by atoms with Gasteiger partial charge in [-0.2, -0.15) is 15.1 Å². The topological polar surface area (TPSA) is 94.8 Å². The van der Waals surface area contributed by atoms with Crippen molar-refractivity contribution in [3.8, 4) is 11.8 Å². The highest BCUT2D eigenvalue weighted by Crippen LogP contribution is 2.35. The molecule has 148 valence electrons. The minimum atomic E-state index is 0.173. The van der Waals surface area contributed by atoms with Crippen molar-refractivity contribution in [2.24, 2.45) is 0 Å². The van der Waals surface area contributed by atoms with Crippen LogP contribution in [-0.2, 0) is 0 Å². The Hall–Kier alpha value is -3.52. The number of hydrogen-bond donors (Lipinski definition) is 3. The average molecular weight is 410 g/mol. The van der Waals surface area contributed by atoms with E-state index in [4.69, 9.17) is 16.3 Å². The molecule has 29 heavy (non-hydrogen) atoms. The van der Waals surface area contributed by atoms with E-state index >= 15 is 0 Å². The van der Waals surface area contributed by atoms with Gasteiger partial charge >= 0.3 is 6.01 Å². The summed E-state index contributed by atoms with van der Waals surface area (Å²) in [6.45, 7) is 5.69. The zero-order valence-electron chi connectivity index (χ0n) is 16.2. The molecule has 0 aliphatic rings. The summed E-state index contributed by atoms with van der Waals surface area (Å²) in [6.07, 6.45) is 1.68. The third-order valence-corrected chi connectivity index (χ3v) is 4.65. The number of anilines is 3. The Bertz CT molecular complexity index is 1190. The van der Waals surface area contributed by atoms with Crippen LogP contribution in [0.25, 0.3) is 17.0 Å². The number of nitrogens with zero attached hydrogens (tertiary/aromatic N) is 4. The van der Waals surface area contributed by atoms with Crippen LogP contribution < -0.4 is 15.0 Å². The smallest absolute Gasteiger partial charge is 0.325 e. The van der Waals surface area contributed by atoms with Crippen LogP contribution >= 0.6 is 11.6 Å². The molecule has 0 saturated heterocycles. The molecule has 9 heteroatoms. The second-order valence-corrected chi connectivity index (χ2v) is 7.10. The van der Waals surface area contributed by atoms with Gasteiger partial charge < -0.3 is 19.9 Å². The van der Waals surface area contributed by atoms with Gasteiger partial charge in [0, 0.05) is 42.8 Å². The first kappa shape index (κ1) is 18.8. The van der Waals surface area contributed by atoms with Crippen molar-refractivity contribution in [2.45, 2.75) is 6.92 Å². The van der Waals surface area contributed by atoms with Crippen LogP contribution in [0.1, 0.15) is 11.4 Å². The lowest BCUT2D eigenvalue weighted by atomic mass is 10.2. The Morgan fingerprint density at radius 2 is 2.00 bits per heavy atom. The van der Waals surface area contributed by atoms with Gasteiger partial charge in [-0.15, -0.1) is 0 Å². The summed E-state index contributed by atoms with van der Waals surface area (Å²) in [5.74, 6) is 2.30. The van der Waals surface area contributed by atoms with E-state index in [1.807, 2.05) is 44.1 Å². The standard InChI is InChI=1S/C20H20ClN7O/c1-5-12-9-17(27-26-12)23-16-10-18(28(3)4)25-20(24-16)29-15-7-6-14-13(19(15)21)8-11(2)22-14/h5-10,22H,1H2,2-4H3,(H2,23,24,25,26,27). The van der Waals surface area contributed by atoms with Crippen molar-refractivity contribution in [3.63, 3.8) is 0 Å². The fraction of sp³-hybridized carbons (Fsp3) is 0.150. The van der Waals surface area contributed by atoms with E-state index < -0.39 is 0 Å². The molecule has 0 radical (unpaired) electrons. The molecule has 4 rings (SSSR count). The summed E-state index contributed by atoms with van der Waals surface area (Å²) in [7, 11) is 3.78. The lowest BCUT2D eigenvalue weighted by Gasteiger charge is -2.15. The van der Waals surface area contributed by atoms with E-state index in [1.165, 1.54) is 0 Å². The van der Waals surface area contributed by atoms with Crippen LogP contribution in [0.5, 0.6) is 11.8 Å². The van der Waals surface area contributed by atoms with Gasteiger partial charge in [0.2, 0.25) is 0 Å². The number of halogens is 1. The highest BCUT2D eigenvalue weighted by Gasteiger charge is 2.14. The lowest BCUT2D eigenvalue weighted by molar-refractivity contribution is 0.444. The van der Waals surface area contributed by atoms with Gasteiger partial charge in [-0.05, 0) is 31.2 Å². The first-order valence-electron chi connectivity index (χ1n) is 8.90. The summed E-state index contributed by atoms with van der Waals surface area (Å²) in [5, 5.41) is 11.6. The highest BCUT2D eigenvalue weighted by molar-refractivity contribution is 6.37. The fourth-order valence-corrected chi connectivity index (χ4v) is 3.11. The molecular formula is C20H20ClN7O. The van der Waals surface area contributed by atoms with Crippen LogP contribution in [0, 0.1) is 6.92 Å². The SMILES string of the molecule is C=Cc1cc(Nc2cc(N(C)C)nc(Oc3ccc4[nH]c(C)cc4c3Cl)n2)n[nH]1. The zero-order valence-corrected chi connectivity index (χ0v) is 17.0. The third kappa shape index (κ3) is 3.88. The monoisotopic (exact) mass is 409 g/mol. The Morgan fingerprint density at radius 1 is 1.17 bits per heavy atom. The normalized spacial score (nSPS) is 10.9.